The van der Waals surface area contributed by atoms with Gasteiger partial charge in [0, 0.05) is 17.2 Å². The molecule has 0 radical (unpaired) electrons. The molecule has 7 heteroatoms. The maximum atomic E-state index is 11.1. The third-order valence-electron chi connectivity index (χ3n) is 2.78. The van der Waals surface area contributed by atoms with Crippen LogP contribution in [-0.2, 0) is 0 Å². The number of ether oxygens (including phenoxy) is 1. The highest BCUT2D eigenvalue weighted by atomic mass is 35.5. The first kappa shape index (κ1) is 15.6. The molecule has 0 amide bonds. The molecule has 2 aromatic rings. The van der Waals surface area contributed by atoms with Crippen LogP contribution in [0.3, 0.4) is 0 Å². The minimum Gasteiger partial charge on any atom is -0.449 e. The SMILES string of the molecule is CC(O)c1ccc(Oc2cc(Cl)ccc2Cl)c([N+](=O)[O-])c1. The van der Waals surface area contributed by atoms with Crippen molar-refractivity contribution in [2.24, 2.45) is 0 Å². The Morgan fingerprint density at radius 3 is 2.52 bits per heavy atom. The van der Waals surface area contributed by atoms with Gasteiger partial charge in [0.2, 0.25) is 5.75 Å². The van der Waals surface area contributed by atoms with Gasteiger partial charge in [0.15, 0.2) is 0 Å². The summed E-state index contributed by atoms with van der Waals surface area (Å²) in [7, 11) is 0. The monoisotopic (exact) mass is 327 g/mol. The summed E-state index contributed by atoms with van der Waals surface area (Å²) in [5.74, 6) is 0.241. The molecule has 5 nitrogen and oxygen atoms in total. The topological polar surface area (TPSA) is 72.6 Å². The molecule has 1 unspecified atom stereocenters. The Morgan fingerprint density at radius 1 is 1.19 bits per heavy atom. The maximum Gasteiger partial charge on any atom is 0.311 e. The van der Waals surface area contributed by atoms with Crippen molar-refractivity contribution >= 4 is 28.9 Å². The van der Waals surface area contributed by atoms with E-state index >= 15 is 0 Å². The second-order valence-electron chi connectivity index (χ2n) is 4.34. The second kappa shape index (κ2) is 6.30. The third-order valence-corrected chi connectivity index (χ3v) is 3.32. The summed E-state index contributed by atoms with van der Waals surface area (Å²) in [5.41, 5.74) is 0.163. The number of aliphatic hydroxyl groups excluding tert-OH is 1. The van der Waals surface area contributed by atoms with Gasteiger partial charge in [0.25, 0.3) is 0 Å². The van der Waals surface area contributed by atoms with Crippen LogP contribution >= 0.6 is 23.2 Å². The van der Waals surface area contributed by atoms with Gasteiger partial charge in [-0.05, 0) is 30.7 Å². The highest BCUT2D eigenvalue weighted by Crippen LogP contribution is 2.37. The number of halogens is 2. The maximum absolute atomic E-state index is 11.1. The molecule has 0 heterocycles. The van der Waals surface area contributed by atoms with E-state index < -0.39 is 11.0 Å². The van der Waals surface area contributed by atoms with E-state index in [0.29, 0.717) is 10.6 Å². The van der Waals surface area contributed by atoms with Crippen LogP contribution in [0.15, 0.2) is 36.4 Å². The number of benzene rings is 2. The van der Waals surface area contributed by atoms with Gasteiger partial charge in [-0.15, -0.1) is 0 Å². The van der Waals surface area contributed by atoms with Crippen molar-refractivity contribution in [1.82, 2.24) is 0 Å². The average molecular weight is 328 g/mol. The molecule has 0 bridgehead atoms. The van der Waals surface area contributed by atoms with Crippen molar-refractivity contribution in [3.05, 3.63) is 62.1 Å². The number of aliphatic hydroxyl groups is 1. The van der Waals surface area contributed by atoms with Crippen LogP contribution in [0.1, 0.15) is 18.6 Å². The molecule has 110 valence electrons. The third kappa shape index (κ3) is 3.64. The fourth-order valence-corrected chi connectivity index (χ4v) is 2.02. The number of hydrogen-bond donors (Lipinski definition) is 1. The number of nitro benzene ring substituents is 1. The lowest BCUT2D eigenvalue weighted by molar-refractivity contribution is -0.385. The minimum absolute atomic E-state index is 0.0218. The van der Waals surface area contributed by atoms with Crippen LogP contribution in [0.2, 0.25) is 10.0 Å². The van der Waals surface area contributed by atoms with Crippen molar-refractivity contribution in [3.63, 3.8) is 0 Å². The first-order chi connectivity index (χ1) is 9.88. The van der Waals surface area contributed by atoms with E-state index in [4.69, 9.17) is 27.9 Å². The minimum atomic E-state index is -0.812. The van der Waals surface area contributed by atoms with Gasteiger partial charge in [-0.2, -0.15) is 0 Å². The van der Waals surface area contributed by atoms with E-state index in [1.807, 2.05) is 0 Å². The van der Waals surface area contributed by atoms with E-state index in [1.165, 1.54) is 31.2 Å². The van der Waals surface area contributed by atoms with E-state index in [2.05, 4.69) is 0 Å². The molecule has 1 atom stereocenters. The van der Waals surface area contributed by atoms with Crippen LogP contribution in [0.4, 0.5) is 5.69 Å². The number of nitro groups is 1. The van der Waals surface area contributed by atoms with E-state index in [0.717, 1.165) is 0 Å². The Kier molecular flexibility index (Phi) is 4.67. The zero-order valence-electron chi connectivity index (χ0n) is 10.9. The molecule has 2 rings (SSSR count). The molecule has 0 saturated carbocycles. The first-order valence-corrected chi connectivity index (χ1v) is 6.73. The van der Waals surface area contributed by atoms with Crippen molar-refractivity contribution in [3.8, 4) is 11.5 Å². The lowest BCUT2D eigenvalue weighted by Crippen LogP contribution is -1.97. The predicted molar refractivity (Wildman–Crippen MR) is 80.3 cm³/mol. The van der Waals surface area contributed by atoms with Crippen LogP contribution < -0.4 is 4.74 Å². The van der Waals surface area contributed by atoms with Gasteiger partial charge >= 0.3 is 5.69 Å². The summed E-state index contributed by atoms with van der Waals surface area (Å²) >= 11 is 11.8. The highest BCUT2D eigenvalue weighted by Gasteiger charge is 2.19. The fraction of sp³-hybridized carbons (Fsp3) is 0.143. The lowest BCUT2D eigenvalue weighted by atomic mass is 10.1. The molecule has 0 saturated heterocycles. The predicted octanol–water partition coefficient (Wildman–Crippen LogP) is 4.75. The Morgan fingerprint density at radius 2 is 1.90 bits per heavy atom. The summed E-state index contributed by atoms with van der Waals surface area (Å²) in [4.78, 5) is 10.5. The molecule has 0 fully saturated rings. The van der Waals surface area contributed by atoms with Crippen LogP contribution in [0.25, 0.3) is 0 Å². The van der Waals surface area contributed by atoms with Gasteiger partial charge in [-0.3, -0.25) is 10.1 Å². The molecule has 0 aliphatic heterocycles. The Hall–Kier alpha value is -1.82. The largest absolute Gasteiger partial charge is 0.449 e. The van der Waals surface area contributed by atoms with Crippen molar-refractivity contribution in [1.29, 1.82) is 0 Å². The van der Waals surface area contributed by atoms with Crippen molar-refractivity contribution in [2.75, 3.05) is 0 Å². The Bertz CT molecular complexity index is 689. The van der Waals surface area contributed by atoms with Crippen LogP contribution in [-0.4, -0.2) is 10.0 Å². The molecular formula is C14H11Cl2NO4. The van der Waals surface area contributed by atoms with Crippen LogP contribution in [0.5, 0.6) is 11.5 Å². The zero-order valence-corrected chi connectivity index (χ0v) is 12.4. The zero-order chi connectivity index (χ0) is 15.6. The quantitative estimate of drug-likeness (QED) is 0.649. The summed E-state index contributed by atoms with van der Waals surface area (Å²) in [6, 6.07) is 8.81. The lowest BCUT2D eigenvalue weighted by Gasteiger charge is -2.10. The van der Waals surface area contributed by atoms with Gasteiger partial charge in [-0.1, -0.05) is 29.3 Å². The molecule has 21 heavy (non-hydrogen) atoms. The molecule has 0 aromatic heterocycles. The van der Waals surface area contributed by atoms with Gasteiger partial charge in [0.1, 0.15) is 5.75 Å². The molecular weight excluding hydrogens is 317 g/mol. The van der Waals surface area contributed by atoms with Gasteiger partial charge < -0.3 is 9.84 Å². The van der Waals surface area contributed by atoms with Gasteiger partial charge in [0.05, 0.1) is 16.0 Å². The summed E-state index contributed by atoms with van der Waals surface area (Å²) in [6.07, 6.45) is -0.812. The Labute approximate surface area is 130 Å². The van der Waals surface area contributed by atoms with E-state index in [1.54, 1.807) is 12.1 Å². The standard InChI is InChI=1S/C14H11Cl2NO4/c1-8(18)9-2-5-13(12(6-9)17(19)20)21-14-7-10(15)3-4-11(14)16/h2-8,18H,1H3. The summed E-state index contributed by atoms with van der Waals surface area (Å²) in [5, 5.41) is 21.3. The summed E-state index contributed by atoms with van der Waals surface area (Å²) in [6.45, 7) is 1.52. The number of nitrogens with zero attached hydrogens (tertiary/aromatic N) is 1. The normalized spacial score (nSPS) is 12.0. The number of rotatable bonds is 4. The first-order valence-electron chi connectivity index (χ1n) is 5.98. The highest BCUT2D eigenvalue weighted by molar-refractivity contribution is 6.34. The molecule has 0 spiro atoms. The Balaban J connectivity index is 2.44. The van der Waals surface area contributed by atoms with Gasteiger partial charge in [-0.25, -0.2) is 0 Å². The van der Waals surface area contributed by atoms with Crippen molar-refractivity contribution in [2.45, 2.75) is 13.0 Å². The second-order valence-corrected chi connectivity index (χ2v) is 5.18. The smallest absolute Gasteiger partial charge is 0.311 e. The molecule has 1 N–H and O–H groups in total. The van der Waals surface area contributed by atoms with E-state index in [9.17, 15) is 15.2 Å². The van der Waals surface area contributed by atoms with Crippen molar-refractivity contribution < 1.29 is 14.8 Å². The number of hydrogen-bond acceptors (Lipinski definition) is 4. The molecule has 0 aliphatic carbocycles. The van der Waals surface area contributed by atoms with Crippen LogP contribution in [0, 0.1) is 10.1 Å². The fourth-order valence-electron chi connectivity index (χ4n) is 1.70. The molecule has 0 aliphatic rings. The van der Waals surface area contributed by atoms with E-state index in [-0.39, 0.29) is 22.2 Å². The summed E-state index contributed by atoms with van der Waals surface area (Å²) < 4.78 is 5.48. The average Bonchev–Trinajstić information content (AvgIpc) is 2.42. The molecule has 2 aromatic carbocycles.